The molecule has 2 rings (SSSR count). The highest BCUT2D eigenvalue weighted by atomic mass is 32.1. The SMILES string of the molecule is COc1ccc(CN(C)CC2CC(O)C2)cc1C(N)=S. The van der Waals surface area contributed by atoms with Gasteiger partial charge in [0.2, 0.25) is 0 Å². The molecule has 1 saturated carbocycles. The molecule has 0 radical (unpaired) electrons. The highest BCUT2D eigenvalue weighted by Crippen LogP contribution is 2.28. The van der Waals surface area contributed by atoms with Gasteiger partial charge < -0.3 is 20.5 Å². The molecule has 1 aromatic carbocycles. The summed E-state index contributed by atoms with van der Waals surface area (Å²) in [7, 11) is 3.71. The van der Waals surface area contributed by atoms with Crippen molar-refractivity contribution >= 4 is 17.2 Å². The van der Waals surface area contributed by atoms with E-state index >= 15 is 0 Å². The second-order valence-electron chi connectivity index (χ2n) is 5.59. The molecule has 0 bridgehead atoms. The van der Waals surface area contributed by atoms with Crippen LogP contribution < -0.4 is 10.5 Å². The fourth-order valence-electron chi connectivity index (χ4n) is 2.71. The maximum Gasteiger partial charge on any atom is 0.129 e. The van der Waals surface area contributed by atoms with Crippen molar-refractivity contribution in [1.82, 2.24) is 4.90 Å². The number of methoxy groups -OCH3 is 1. The lowest BCUT2D eigenvalue weighted by Gasteiger charge is -2.34. The Morgan fingerprint density at radius 3 is 2.75 bits per heavy atom. The smallest absolute Gasteiger partial charge is 0.129 e. The summed E-state index contributed by atoms with van der Waals surface area (Å²) in [5, 5.41) is 9.32. The molecule has 1 aliphatic rings. The number of nitrogens with two attached hydrogens (primary N) is 1. The minimum Gasteiger partial charge on any atom is -0.496 e. The molecule has 20 heavy (non-hydrogen) atoms. The van der Waals surface area contributed by atoms with E-state index in [0.29, 0.717) is 16.7 Å². The summed E-state index contributed by atoms with van der Waals surface area (Å²) < 4.78 is 5.26. The van der Waals surface area contributed by atoms with Crippen LogP contribution in [-0.4, -0.2) is 41.8 Å². The molecule has 0 amide bonds. The predicted molar refractivity (Wildman–Crippen MR) is 83.9 cm³/mol. The average molecular weight is 294 g/mol. The molecule has 1 fully saturated rings. The van der Waals surface area contributed by atoms with Gasteiger partial charge in [-0.25, -0.2) is 0 Å². The van der Waals surface area contributed by atoms with E-state index in [0.717, 1.165) is 37.1 Å². The number of benzene rings is 1. The molecule has 0 aliphatic heterocycles. The number of ether oxygens (including phenoxy) is 1. The van der Waals surface area contributed by atoms with Crippen LogP contribution in [0.3, 0.4) is 0 Å². The highest BCUT2D eigenvalue weighted by Gasteiger charge is 2.27. The molecular formula is C15H22N2O2S. The van der Waals surface area contributed by atoms with E-state index in [1.54, 1.807) is 7.11 Å². The molecule has 5 heteroatoms. The van der Waals surface area contributed by atoms with Crippen LogP contribution in [0, 0.1) is 5.92 Å². The third-order valence-corrected chi connectivity index (χ3v) is 3.98. The Bertz CT molecular complexity index is 487. The lowest BCUT2D eigenvalue weighted by molar-refractivity contribution is 0.0274. The van der Waals surface area contributed by atoms with Gasteiger partial charge in [0.15, 0.2) is 0 Å². The van der Waals surface area contributed by atoms with E-state index in [2.05, 4.69) is 11.9 Å². The monoisotopic (exact) mass is 294 g/mol. The van der Waals surface area contributed by atoms with Gasteiger partial charge in [-0.1, -0.05) is 18.3 Å². The summed E-state index contributed by atoms with van der Waals surface area (Å²) in [6, 6.07) is 5.94. The number of aliphatic hydroxyl groups is 1. The largest absolute Gasteiger partial charge is 0.496 e. The Balaban J connectivity index is 1.98. The third kappa shape index (κ3) is 3.69. The van der Waals surface area contributed by atoms with Crippen molar-refractivity contribution in [3.63, 3.8) is 0 Å². The van der Waals surface area contributed by atoms with Crippen LogP contribution in [-0.2, 0) is 6.54 Å². The van der Waals surface area contributed by atoms with Crippen LogP contribution in [0.15, 0.2) is 18.2 Å². The van der Waals surface area contributed by atoms with Gasteiger partial charge in [-0.05, 0) is 43.5 Å². The van der Waals surface area contributed by atoms with E-state index < -0.39 is 0 Å². The Morgan fingerprint density at radius 2 is 2.20 bits per heavy atom. The summed E-state index contributed by atoms with van der Waals surface area (Å²) in [6.45, 7) is 1.84. The zero-order chi connectivity index (χ0) is 14.7. The normalized spacial score (nSPS) is 21.6. The molecule has 0 unspecified atom stereocenters. The fourth-order valence-corrected chi connectivity index (χ4v) is 2.87. The Hall–Kier alpha value is -1.17. The first-order chi connectivity index (χ1) is 9.49. The van der Waals surface area contributed by atoms with Crippen LogP contribution >= 0.6 is 12.2 Å². The lowest BCUT2D eigenvalue weighted by Crippen LogP contribution is -2.36. The van der Waals surface area contributed by atoms with Gasteiger partial charge >= 0.3 is 0 Å². The van der Waals surface area contributed by atoms with Gasteiger partial charge in [0.25, 0.3) is 0 Å². The minimum atomic E-state index is -0.0874. The molecule has 0 atom stereocenters. The van der Waals surface area contributed by atoms with Crippen molar-refractivity contribution in [2.75, 3.05) is 20.7 Å². The first kappa shape index (κ1) is 15.2. The second-order valence-corrected chi connectivity index (χ2v) is 6.03. The van der Waals surface area contributed by atoms with Gasteiger partial charge in [0.1, 0.15) is 10.7 Å². The van der Waals surface area contributed by atoms with Crippen LogP contribution in [0.25, 0.3) is 0 Å². The molecule has 0 aromatic heterocycles. The summed E-state index contributed by atoms with van der Waals surface area (Å²) in [4.78, 5) is 2.62. The molecular weight excluding hydrogens is 272 g/mol. The highest BCUT2D eigenvalue weighted by molar-refractivity contribution is 7.80. The van der Waals surface area contributed by atoms with Crippen LogP contribution in [0.2, 0.25) is 0 Å². The lowest BCUT2D eigenvalue weighted by atomic mass is 9.82. The zero-order valence-corrected chi connectivity index (χ0v) is 12.8. The van der Waals surface area contributed by atoms with Gasteiger partial charge in [-0.15, -0.1) is 0 Å². The van der Waals surface area contributed by atoms with Crippen molar-refractivity contribution in [3.8, 4) is 5.75 Å². The molecule has 0 heterocycles. The van der Waals surface area contributed by atoms with Crippen molar-refractivity contribution in [2.24, 2.45) is 11.7 Å². The van der Waals surface area contributed by atoms with Crippen molar-refractivity contribution in [2.45, 2.75) is 25.5 Å². The second kappa shape index (κ2) is 6.52. The Morgan fingerprint density at radius 1 is 1.50 bits per heavy atom. The Kier molecular flexibility index (Phi) is 4.96. The van der Waals surface area contributed by atoms with Gasteiger partial charge in [0, 0.05) is 13.1 Å². The molecule has 3 N–H and O–H groups in total. The number of rotatable bonds is 6. The van der Waals surface area contributed by atoms with Crippen molar-refractivity contribution in [1.29, 1.82) is 0 Å². The number of thiocarbonyl (C=S) groups is 1. The van der Waals surface area contributed by atoms with E-state index in [-0.39, 0.29) is 6.10 Å². The molecule has 1 aromatic rings. The summed E-state index contributed by atoms with van der Waals surface area (Å²) in [5.41, 5.74) is 7.67. The van der Waals surface area contributed by atoms with Crippen LogP contribution in [0.4, 0.5) is 0 Å². The quantitative estimate of drug-likeness (QED) is 0.779. The van der Waals surface area contributed by atoms with Gasteiger partial charge in [-0.2, -0.15) is 0 Å². The minimum absolute atomic E-state index is 0.0874. The molecule has 0 spiro atoms. The maximum absolute atomic E-state index is 9.32. The summed E-state index contributed by atoms with van der Waals surface area (Å²) in [6.07, 6.45) is 1.76. The zero-order valence-electron chi connectivity index (χ0n) is 12.0. The molecule has 1 aliphatic carbocycles. The number of hydrogen-bond donors (Lipinski definition) is 2. The fraction of sp³-hybridized carbons (Fsp3) is 0.533. The van der Waals surface area contributed by atoms with Crippen molar-refractivity contribution < 1.29 is 9.84 Å². The third-order valence-electron chi connectivity index (χ3n) is 3.76. The molecule has 4 nitrogen and oxygen atoms in total. The van der Waals surface area contributed by atoms with Crippen LogP contribution in [0.5, 0.6) is 5.75 Å². The van der Waals surface area contributed by atoms with Gasteiger partial charge in [0.05, 0.1) is 18.8 Å². The van der Waals surface area contributed by atoms with E-state index in [1.165, 1.54) is 0 Å². The Labute approximate surface area is 125 Å². The summed E-state index contributed by atoms with van der Waals surface area (Å²) >= 11 is 5.06. The summed E-state index contributed by atoms with van der Waals surface area (Å²) in [5.74, 6) is 1.33. The first-order valence-corrected chi connectivity index (χ1v) is 7.23. The van der Waals surface area contributed by atoms with Crippen LogP contribution in [0.1, 0.15) is 24.0 Å². The average Bonchev–Trinajstić information content (AvgIpc) is 2.36. The van der Waals surface area contributed by atoms with E-state index in [1.807, 2.05) is 18.2 Å². The first-order valence-electron chi connectivity index (χ1n) is 6.83. The molecule has 110 valence electrons. The number of aliphatic hydroxyl groups excluding tert-OH is 1. The van der Waals surface area contributed by atoms with Crippen molar-refractivity contribution in [3.05, 3.63) is 29.3 Å². The number of hydrogen-bond acceptors (Lipinski definition) is 4. The van der Waals surface area contributed by atoms with Gasteiger partial charge in [-0.3, -0.25) is 0 Å². The van der Waals surface area contributed by atoms with E-state index in [9.17, 15) is 5.11 Å². The standard InChI is InChI=1S/C15H22N2O2S/c1-17(9-11-5-12(18)6-11)8-10-3-4-14(19-2)13(7-10)15(16)20/h3-4,7,11-12,18H,5-6,8-9H2,1-2H3,(H2,16,20). The maximum atomic E-state index is 9.32. The molecule has 0 saturated heterocycles. The number of nitrogens with zero attached hydrogens (tertiary/aromatic N) is 1. The predicted octanol–water partition coefficient (Wildman–Crippen LogP) is 1.53. The van der Waals surface area contributed by atoms with E-state index in [4.69, 9.17) is 22.7 Å². The topological polar surface area (TPSA) is 58.7 Å².